The summed E-state index contributed by atoms with van der Waals surface area (Å²) in [5.74, 6) is 0. The molecule has 0 aliphatic heterocycles. The van der Waals surface area contributed by atoms with Gasteiger partial charge in [-0.15, -0.1) is 11.3 Å². The van der Waals surface area contributed by atoms with Crippen LogP contribution in [-0.4, -0.2) is 9.97 Å². The van der Waals surface area contributed by atoms with Crippen LogP contribution in [0.4, 0.5) is 0 Å². The molecule has 115 valence electrons. The maximum atomic E-state index is 6.03. The molecule has 2 aromatic carbocycles. The van der Waals surface area contributed by atoms with Crippen molar-refractivity contribution < 1.29 is 0 Å². The first kappa shape index (κ1) is 15.1. The van der Waals surface area contributed by atoms with Crippen LogP contribution < -0.4 is 0 Å². The van der Waals surface area contributed by atoms with Crippen LogP contribution in [0.2, 0.25) is 5.02 Å². The predicted octanol–water partition coefficient (Wildman–Crippen LogP) is 5.99. The fraction of sp³-hybridized carbons (Fsp3) is 0. The van der Waals surface area contributed by atoms with Gasteiger partial charge in [-0.3, -0.25) is 4.98 Å². The Morgan fingerprint density at radius 3 is 2.21 bits per heavy atom. The molecule has 0 N–H and O–H groups in total. The fourth-order valence-corrected chi connectivity index (χ4v) is 3.70. The molecule has 0 spiro atoms. The lowest BCUT2D eigenvalue weighted by molar-refractivity contribution is 1.33. The summed E-state index contributed by atoms with van der Waals surface area (Å²) in [5, 5.41) is 1.71. The Bertz CT molecular complexity index is 948. The summed E-state index contributed by atoms with van der Waals surface area (Å²) in [7, 11) is 0. The fourth-order valence-electron chi connectivity index (χ4n) is 2.48. The van der Waals surface area contributed by atoms with E-state index in [-0.39, 0.29) is 0 Å². The van der Waals surface area contributed by atoms with Crippen LogP contribution in [-0.2, 0) is 0 Å². The highest BCUT2D eigenvalue weighted by Gasteiger charge is 2.15. The van der Waals surface area contributed by atoms with Crippen LogP contribution in [0.5, 0.6) is 0 Å². The van der Waals surface area contributed by atoms with Crippen molar-refractivity contribution in [2.45, 2.75) is 0 Å². The summed E-state index contributed by atoms with van der Waals surface area (Å²) < 4.78 is 0. The van der Waals surface area contributed by atoms with E-state index in [1.54, 1.807) is 23.7 Å². The van der Waals surface area contributed by atoms with Crippen molar-refractivity contribution >= 4 is 22.9 Å². The molecule has 0 unspecified atom stereocenters. The molecule has 0 aliphatic rings. The van der Waals surface area contributed by atoms with Gasteiger partial charge in [0.2, 0.25) is 0 Å². The third kappa shape index (κ3) is 2.96. The molecule has 0 bridgehead atoms. The van der Waals surface area contributed by atoms with Crippen LogP contribution in [0.1, 0.15) is 0 Å². The summed E-state index contributed by atoms with van der Waals surface area (Å²) in [6.07, 6.45) is 3.61. The van der Waals surface area contributed by atoms with Gasteiger partial charge in [0.25, 0.3) is 0 Å². The zero-order valence-electron chi connectivity index (χ0n) is 12.6. The Morgan fingerprint density at radius 1 is 0.792 bits per heavy atom. The van der Waals surface area contributed by atoms with Gasteiger partial charge >= 0.3 is 0 Å². The van der Waals surface area contributed by atoms with Crippen LogP contribution in [0.25, 0.3) is 32.3 Å². The van der Waals surface area contributed by atoms with Crippen molar-refractivity contribution in [2.75, 3.05) is 0 Å². The van der Waals surface area contributed by atoms with E-state index in [0.717, 1.165) is 37.3 Å². The standard InChI is InChI=1S/C20H12ClN2S/c21-17-8-6-14(7-9-17)18-19(15-10-12-22-13-11-15)24-20(23-18)16-4-2-1-3-5-16/h2-13H. The lowest BCUT2D eigenvalue weighted by atomic mass is 10.1. The summed E-state index contributed by atoms with van der Waals surface area (Å²) in [6.45, 7) is 0. The number of rotatable bonds is 3. The van der Waals surface area contributed by atoms with E-state index in [4.69, 9.17) is 16.6 Å². The first-order valence-electron chi connectivity index (χ1n) is 7.45. The van der Waals surface area contributed by atoms with Crippen molar-refractivity contribution in [3.8, 4) is 32.3 Å². The number of hydrogen-bond donors (Lipinski definition) is 0. The quantitative estimate of drug-likeness (QED) is 0.454. The highest BCUT2D eigenvalue weighted by atomic mass is 35.5. The molecule has 0 saturated heterocycles. The highest BCUT2D eigenvalue weighted by molar-refractivity contribution is 7.19. The SMILES string of the molecule is Clc1ccc(-c2nc(-c3cc[c]cc3)sc2-c2ccncc2)cc1. The number of thiazole rings is 1. The van der Waals surface area contributed by atoms with Crippen molar-refractivity contribution in [3.05, 3.63) is 84.1 Å². The van der Waals surface area contributed by atoms with Crippen molar-refractivity contribution in [1.82, 2.24) is 9.97 Å². The molecule has 0 saturated carbocycles. The highest BCUT2D eigenvalue weighted by Crippen LogP contribution is 2.40. The minimum Gasteiger partial charge on any atom is -0.265 e. The monoisotopic (exact) mass is 347 g/mol. The van der Waals surface area contributed by atoms with Crippen molar-refractivity contribution in [1.29, 1.82) is 0 Å². The van der Waals surface area contributed by atoms with E-state index in [0.29, 0.717) is 0 Å². The number of hydrogen-bond acceptors (Lipinski definition) is 3. The molecule has 4 heteroatoms. The Hall–Kier alpha value is -2.49. The largest absolute Gasteiger partial charge is 0.265 e. The second kappa shape index (κ2) is 6.56. The molecule has 24 heavy (non-hydrogen) atoms. The number of pyridine rings is 1. The van der Waals surface area contributed by atoms with Gasteiger partial charge in [-0.05, 0) is 35.9 Å². The number of halogens is 1. The van der Waals surface area contributed by atoms with Gasteiger partial charge < -0.3 is 0 Å². The molecule has 0 aliphatic carbocycles. The van der Waals surface area contributed by atoms with Gasteiger partial charge in [-0.25, -0.2) is 4.98 Å². The summed E-state index contributed by atoms with van der Waals surface area (Å²) in [5.41, 5.74) is 4.22. The number of benzene rings is 2. The smallest absolute Gasteiger partial charge is 0.124 e. The van der Waals surface area contributed by atoms with E-state index in [1.807, 2.05) is 60.7 Å². The maximum absolute atomic E-state index is 6.03. The zero-order chi connectivity index (χ0) is 16.4. The lowest BCUT2D eigenvalue weighted by Gasteiger charge is -2.02. The molecule has 4 rings (SSSR count). The third-order valence-corrected chi connectivity index (χ3v) is 5.06. The molecule has 0 atom stereocenters. The Kier molecular flexibility index (Phi) is 4.11. The molecule has 2 heterocycles. The third-order valence-electron chi connectivity index (χ3n) is 3.65. The molecule has 2 nitrogen and oxygen atoms in total. The second-order valence-corrected chi connectivity index (χ2v) is 6.66. The topological polar surface area (TPSA) is 25.8 Å². The van der Waals surface area contributed by atoms with Crippen LogP contribution in [0.3, 0.4) is 0 Å². The zero-order valence-corrected chi connectivity index (χ0v) is 14.2. The summed E-state index contributed by atoms with van der Waals surface area (Å²) in [6, 6.07) is 22.7. The first-order chi connectivity index (χ1) is 11.8. The van der Waals surface area contributed by atoms with Gasteiger partial charge in [0, 0.05) is 28.5 Å². The van der Waals surface area contributed by atoms with Crippen LogP contribution in [0, 0.1) is 6.07 Å². The molecule has 2 aromatic heterocycles. The van der Waals surface area contributed by atoms with Gasteiger partial charge in [0.05, 0.1) is 10.6 Å². The van der Waals surface area contributed by atoms with E-state index < -0.39 is 0 Å². The average molecular weight is 348 g/mol. The van der Waals surface area contributed by atoms with Crippen molar-refractivity contribution in [3.63, 3.8) is 0 Å². The number of aromatic nitrogens is 2. The molecule has 4 aromatic rings. The van der Waals surface area contributed by atoms with Gasteiger partial charge in [-0.2, -0.15) is 0 Å². The minimum atomic E-state index is 0.721. The van der Waals surface area contributed by atoms with Gasteiger partial charge in [0.15, 0.2) is 0 Å². The maximum Gasteiger partial charge on any atom is 0.124 e. The predicted molar refractivity (Wildman–Crippen MR) is 100 cm³/mol. The Labute approximate surface area is 149 Å². The Balaban J connectivity index is 1.90. The van der Waals surface area contributed by atoms with Crippen LogP contribution in [0.15, 0.2) is 73.1 Å². The summed E-state index contributed by atoms with van der Waals surface area (Å²) in [4.78, 5) is 10.1. The normalized spacial score (nSPS) is 10.7. The summed E-state index contributed by atoms with van der Waals surface area (Å²) >= 11 is 7.71. The minimum absolute atomic E-state index is 0.721. The molecular weight excluding hydrogens is 336 g/mol. The molecule has 0 amide bonds. The van der Waals surface area contributed by atoms with Crippen molar-refractivity contribution in [2.24, 2.45) is 0 Å². The second-order valence-electron chi connectivity index (χ2n) is 5.23. The van der Waals surface area contributed by atoms with E-state index >= 15 is 0 Å². The van der Waals surface area contributed by atoms with E-state index in [1.165, 1.54) is 0 Å². The molecule has 1 radical (unpaired) electrons. The van der Waals surface area contributed by atoms with E-state index in [9.17, 15) is 0 Å². The average Bonchev–Trinajstić information content (AvgIpc) is 3.09. The lowest BCUT2D eigenvalue weighted by Crippen LogP contribution is -1.83. The van der Waals surface area contributed by atoms with Gasteiger partial charge in [0.1, 0.15) is 5.01 Å². The Morgan fingerprint density at radius 2 is 1.50 bits per heavy atom. The van der Waals surface area contributed by atoms with Crippen LogP contribution >= 0.6 is 22.9 Å². The van der Waals surface area contributed by atoms with Gasteiger partial charge in [-0.1, -0.05) is 48.0 Å². The first-order valence-corrected chi connectivity index (χ1v) is 8.64. The number of nitrogens with zero attached hydrogens (tertiary/aromatic N) is 2. The molecular formula is C20H12ClN2S. The van der Waals surface area contributed by atoms with E-state index in [2.05, 4.69) is 11.1 Å². The molecule has 0 fully saturated rings.